The Balaban J connectivity index is 1.18. The number of aromatic hydroxyl groups is 1. The number of nitrogens with zero attached hydrogens (tertiary/aromatic N) is 3. The molecule has 9 heteroatoms. The molecule has 1 aromatic heterocycles. The molecular weight excluding hydrogens is 466 g/mol. The molecule has 1 amide bonds. The molecule has 0 aliphatic carbocycles. The third-order valence-electron chi connectivity index (χ3n) is 7.71. The maximum absolute atomic E-state index is 12.2. The van der Waals surface area contributed by atoms with E-state index in [-0.39, 0.29) is 11.3 Å². The van der Waals surface area contributed by atoms with Gasteiger partial charge in [0.1, 0.15) is 17.1 Å². The van der Waals surface area contributed by atoms with E-state index in [1.165, 1.54) is 44.5 Å². The van der Waals surface area contributed by atoms with Crippen molar-refractivity contribution in [3.63, 3.8) is 0 Å². The van der Waals surface area contributed by atoms with Crippen LogP contribution in [0.5, 0.6) is 5.75 Å². The van der Waals surface area contributed by atoms with Gasteiger partial charge in [0.05, 0.1) is 0 Å². The molecule has 9 nitrogen and oxygen atoms in total. The van der Waals surface area contributed by atoms with Gasteiger partial charge in [-0.25, -0.2) is 0 Å². The van der Waals surface area contributed by atoms with E-state index in [1.807, 2.05) is 12.1 Å². The van der Waals surface area contributed by atoms with Crippen LogP contribution in [0.25, 0.3) is 0 Å². The standard InChI is InChI=1S/C28H37N7O2/c1-19-10-14-34(15-11-19)23-12-16-35(17-13-23)22-6-4-21(5-7-22)31-28-25(26(29)37)27(32-33-28)30-18-20-2-8-24(36)9-3-20/h2-9,19,23,36H,10-18H2,1H3,(H2,29,37)(H3,30,31,32,33). The summed E-state index contributed by atoms with van der Waals surface area (Å²) in [5.41, 5.74) is 8.95. The number of H-pyrrole nitrogens is 1. The second kappa shape index (κ2) is 11.1. The van der Waals surface area contributed by atoms with Crippen LogP contribution in [-0.2, 0) is 6.54 Å². The summed E-state index contributed by atoms with van der Waals surface area (Å²) in [6.45, 7) is 7.46. The van der Waals surface area contributed by atoms with Crippen molar-refractivity contribution in [2.24, 2.45) is 11.7 Å². The zero-order valence-electron chi connectivity index (χ0n) is 21.4. The average Bonchev–Trinajstić information content (AvgIpc) is 3.32. The van der Waals surface area contributed by atoms with Crippen molar-refractivity contribution in [1.82, 2.24) is 15.1 Å². The summed E-state index contributed by atoms with van der Waals surface area (Å²) in [5.74, 6) is 1.33. The van der Waals surface area contributed by atoms with Gasteiger partial charge in [0, 0.05) is 37.1 Å². The summed E-state index contributed by atoms with van der Waals surface area (Å²) in [6.07, 6.45) is 5.09. The maximum atomic E-state index is 12.2. The van der Waals surface area contributed by atoms with E-state index >= 15 is 0 Å². The van der Waals surface area contributed by atoms with E-state index in [2.05, 4.69) is 49.7 Å². The minimum Gasteiger partial charge on any atom is -0.508 e. The minimum atomic E-state index is -0.577. The number of phenols is 1. The number of hydrogen-bond acceptors (Lipinski definition) is 7. The van der Waals surface area contributed by atoms with Crippen molar-refractivity contribution in [2.75, 3.05) is 41.7 Å². The van der Waals surface area contributed by atoms with E-state index in [0.717, 1.165) is 30.3 Å². The highest BCUT2D eigenvalue weighted by atomic mass is 16.3. The summed E-state index contributed by atoms with van der Waals surface area (Å²) in [4.78, 5) is 17.4. The molecule has 0 unspecified atom stereocenters. The van der Waals surface area contributed by atoms with Gasteiger partial charge in [0.2, 0.25) is 0 Å². The van der Waals surface area contributed by atoms with Gasteiger partial charge >= 0.3 is 0 Å². The molecule has 2 saturated heterocycles. The molecule has 0 radical (unpaired) electrons. The quantitative estimate of drug-likeness (QED) is 0.311. The van der Waals surface area contributed by atoms with Crippen molar-refractivity contribution >= 4 is 28.9 Å². The third-order valence-corrected chi connectivity index (χ3v) is 7.71. The van der Waals surface area contributed by atoms with Crippen molar-refractivity contribution in [3.05, 3.63) is 59.7 Å². The van der Waals surface area contributed by atoms with Crippen molar-refractivity contribution in [3.8, 4) is 5.75 Å². The summed E-state index contributed by atoms with van der Waals surface area (Å²) in [6, 6.07) is 15.8. The minimum absolute atomic E-state index is 0.204. The lowest BCUT2D eigenvalue weighted by atomic mass is 9.95. The van der Waals surface area contributed by atoms with Crippen LogP contribution in [0.15, 0.2) is 48.5 Å². The van der Waals surface area contributed by atoms with Crippen LogP contribution in [0.2, 0.25) is 0 Å². The summed E-state index contributed by atoms with van der Waals surface area (Å²) >= 11 is 0. The van der Waals surface area contributed by atoms with Crippen LogP contribution >= 0.6 is 0 Å². The van der Waals surface area contributed by atoms with Crippen LogP contribution in [0.3, 0.4) is 0 Å². The van der Waals surface area contributed by atoms with Crippen molar-refractivity contribution in [2.45, 2.75) is 45.2 Å². The number of nitrogens with one attached hydrogen (secondary N) is 3. The number of rotatable bonds is 8. The molecule has 3 aromatic rings. The topological polar surface area (TPSA) is 123 Å². The first kappa shape index (κ1) is 25.0. The molecule has 2 aliphatic rings. The first-order valence-corrected chi connectivity index (χ1v) is 13.2. The van der Waals surface area contributed by atoms with E-state index < -0.39 is 5.91 Å². The smallest absolute Gasteiger partial charge is 0.256 e. The predicted octanol–water partition coefficient (Wildman–Crippen LogP) is 4.27. The molecular formula is C28H37N7O2. The highest BCUT2D eigenvalue weighted by Gasteiger charge is 2.27. The number of likely N-dealkylation sites (tertiary alicyclic amines) is 1. The normalized spacial score (nSPS) is 17.6. The third kappa shape index (κ3) is 5.99. The Morgan fingerprint density at radius 1 is 1.03 bits per heavy atom. The Bertz CT molecular complexity index is 1180. The number of aromatic amines is 1. The van der Waals surface area contributed by atoms with Gasteiger partial charge in [-0.3, -0.25) is 9.89 Å². The summed E-state index contributed by atoms with van der Waals surface area (Å²) < 4.78 is 0. The van der Waals surface area contributed by atoms with Crippen molar-refractivity contribution < 1.29 is 9.90 Å². The molecule has 0 atom stereocenters. The zero-order valence-corrected chi connectivity index (χ0v) is 21.4. The van der Waals surface area contributed by atoms with Crippen LogP contribution in [0.4, 0.5) is 23.0 Å². The fraction of sp³-hybridized carbons (Fsp3) is 0.429. The second-order valence-electron chi connectivity index (χ2n) is 10.3. The SMILES string of the molecule is CC1CCN(C2CCN(c3ccc(Nc4[nH]nc(NCc5ccc(O)cc5)c4C(N)=O)cc3)CC2)CC1. The molecule has 0 bridgehead atoms. The summed E-state index contributed by atoms with van der Waals surface area (Å²) in [5, 5.41) is 23.0. The Labute approximate surface area is 218 Å². The number of phenolic OH excluding ortho intramolecular Hbond substituents is 1. The number of amides is 1. The van der Waals surface area contributed by atoms with Gasteiger partial charge in [-0.05, 0) is 86.7 Å². The van der Waals surface area contributed by atoms with Crippen LogP contribution < -0.4 is 21.3 Å². The van der Waals surface area contributed by atoms with Gasteiger partial charge in [0.15, 0.2) is 5.82 Å². The molecule has 37 heavy (non-hydrogen) atoms. The van der Waals surface area contributed by atoms with E-state index in [4.69, 9.17) is 5.73 Å². The number of carbonyl (C=O) groups excluding carboxylic acids is 1. The lowest BCUT2D eigenvalue weighted by Gasteiger charge is -2.42. The number of piperidine rings is 2. The molecule has 0 spiro atoms. The number of hydrogen-bond donors (Lipinski definition) is 5. The Morgan fingerprint density at radius 2 is 1.70 bits per heavy atom. The van der Waals surface area contributed by atoms with E-state index in [1.54, 1.807) is 24.3 Å². The van der Waals surface area contributed by atoms with Crippen LogP contribution in [-0.4, -0.2) is 58.3 Å². The highest BCUT2D eigenvalue weighted by molar-refractivity contribution is 6.03. The van der Waals surface area contributed by atoms with Gasteiger partial charge in [-0.15, -0.1) is 0 Å². The molecule has 6 N–H and O–H groups in total. The second-order valence-corrected chi connectivity index (χ2v) is 10.3. The number of primary amides is 1. The lowest BCUT2D eigenvalue weighted by molar-refractivity contribution is 0.100. The maximum Gasteiger partial charge on any atom is 0.256 e. The summed E-state index contributed by atoms with van der Waals surface area (Å²) in [7, 11) is 0. The number of benzene rings is 2. The number of carbonyl (C=O) groups is 1. The van der Waals surface area contributed by atoms with E-state index in [0.29, 0.717) is 24.2 Å². The highest BCUT2D eigenvalue weighted by Crippen LogP contribution is 2.29. The van der Waals surface area contributed by atoms with E-state index in [9.17, 15) is 9.90 Å². The first-order valence-electron chi connectivity index (χ1n) is 13.2. The fourth-order valence-corrected chi connectivity index (χ4v) is 5.38. The van der Waals surface area contributed by atoms with Gasteiger partial charge in [-0.2, -0.15) is 5.10 Å². The largest absolute Gasteiger partial charge is 0.508 e. The van der Waals surface area contributed by atoms with Crippen LogP contribution in [0.1, 0.15) is 48.5 Å². The number of aromatic nitrogens is 2. The Hall–Kier alpha value is -3.72. The fourth-order valence-electron chi connectivity index (χ4n) is 5.38. The molecule has 5 rings (SSSR count). The first-order chi connectivity index (χ1) is 18.0. The monoisotopic (exact) mass is 503 g/mol. The lowest BCUT2D eigenvalue weighted by Crippen LogP contribution is -2.47. The van der Waals surface area contributed by atoms with Crippen LogP contribution in [0, 0.1) is 5.92 Å². The number of nitrogens with two attached hydrogens (primary N) is 1. The van der Waals surface area contributed by atoms with Gasteiger partial charge < -0.3 is 31.3 Å². The zero-order chi connectivity index (χ0) is 25.8. The molecule has 0 saturated carbocycles. The Kier molecular flexibility index (Phi) is 7.50. The van der Waals surface area contributed by atoms with Crippen molar-refractivity contribution in [1.29, 1.82) is 0 Å². The molecule has 196 valence electrons. The number of anilines is 4. The van der Waals surface area contributed by atoms with Gasteiger partial charge in [-0.1, -0.05) is 19.1 Å². The molecule has 2 aromatic carbocycles. The molecule has 2 aliphatic heterocycles. The van der Waals surface area contributed by atoms with Gasteiger partial charge in [0.25, 0.3) is 5.91 Å². The predicted molar refractivity (Wildman–Crippen MR) is 147 cm³/mol. The Morgan fingerprint density at radius 3 is 2.35 bits per heavy atom. The molecule has 3 heterocycles. The molecule has 2 fully saturated rings. The average molecular weight is 504 g/mol.